The van der Waals surface area contributed by atoms with Crippen LogP contribution in [0.2, 0.25) is 5.02 Å². The van der Waals surface area contributed by atoms with E-state index in [1.807, 2.05) is 39.2 Å². The summed E-state index contributed by atoms with van der Waals surface area (Å²) in [7, 11) is 0. The van der Waals surface area contributed by atoms with E-state index >= 15 is 0 Å². The molecule has 1 aromatic heterocycles. The van der Waals surface area contributed by atoms with Crippen molar-refractivity contribution in [3.8, 4) is 0 Å². The highest BCUT2D eigenvalue weighted by Crippen LogP contribution is 2.21. The van der Waals surface area contributed by atoms with Crippen molar-refractivity contribution in [2.75, 3.05) is 11.6 Å². The average molecular weight is 350 g/mol. The average Bonchev–Trinajstić information content (AvgIpc) is 2.49. The Kier molecular flexibility index (Phi) is 6.02. The lowest BCUT2D eigenvalue weighted by Gasteiger charge is -2.11. The van der Waals surface area contributed by atoms with Gasteiger partial charge in [-0.25, -0.2) is 9.97 Å². The number of halogens is 1. The summed E-state index contributed by atoms with van der Waals surface area (Å²) in [5.74, 6) is -0.0248. The fraction of sp³-hybridized carbons (Fsp3) is 0.353. The number of nitrogens with zero attached hydrogens (tertiary/aromatic N) is 2. The fourth-order valence-electron chi connectivity index (χ4n) is 2.38. The molecule has 1 N–H and O–H groups in total. The molecule has 1 aromatic carbocycles. The summed E-state index contributed by atoms with van der Waals surface area (Å²) in [4.78, 5) is 21.1. The standard InChI is InChI=1S/C17H20ClN3OS/c1-10-9-13(18)5-7-15(10)21-16(22)8-6-14-11(2)19-17(23-4)20-12(14)3/h5,7,9H,6,8H2,1-4H3,(H,21,22). The molecular formula is C17H20ClN3OS. The molecule has 0 fully saturated rings. The topological polar surface area (TPSA) is 54.9 Å². The Morgan fingerprint density at radius 3 is 2.43 bits per heavy atom. The maximum Gasteiger partial charge on any atom is 0.224 e. The Morgan fingerprint density at radius 1 is 1.22 bits per heavy atom. The van der Waals surface area contributed by atoms with Crippen LogP contribution in [-0.2, 0) is 11.2 Å². The van der Waals surface area contributed by atoms with Crippen LogP contribution in [0.15, 0.2) is 23.4 Å². The molecule has 0 aliphatic heterocycles. The lowest BCUT2D eigenvalue weighted by atomic mass is 10.1. The van der Waals surface area contributed by atoms with E-state index in [4.69, 9.17) is 11.6 Å². The van der Waals surface area contributed by atoms with Crippen molar-refractivity contribution >= 4 is 35.0 Å². The minimum absolute atomic E-state index is 0.0248. The van der Waals surface area contributed by atoms with Gasteiger partial charge >= 0.3 is 0 Å². The van der Waals surface area contributed by atoms with Crippen molar-refractivity contribution in [3.05, 3.63) is 45.7 Å². The number of benzene rings is 1. The summed E-state index contributed by atoms with van der Waals surface area (Å²) in [6.07, 6.45) is 2.98. The molecule has 23 heavy (non-hydrogen) atoms. The number of aromatic nitrogens is 2. The Hall–Kier alpha value is -1.59. The van der Waals surface area contributed by atoms with Gasteiger partial charge in [-0.15, -0.1) is 0 Å². The largest absolute Gasteiger partial charge is 0.326 e. The van der Waals surface area contributed by atoms with Crippen LogP contribution in [0.1, 0.15) is 28.9 Å². The van der Waals surface area contributed by atoms with E-state index in [2.05, 4.69) is 15.3 Å². The second-order valence-corrected chi connectivity index (χ2v) is 6.58. The van der Waals surface area contributed by atoms with E-state index in [1.165, 1.54) is 11.8 Å². The maximum atomic E-state index is 12.2. The van der Waals surface area contributed by atoms with E-state index in [1.54, 1.807) is 6.07 Å². The zero-order chi connectivity index (χ0) is 17.0. The number of hydrogen-bond donors (Lipinski definition) is 1. The molecule has 0 unspecified atom stereocenters. The number of carbonyl (C=O) groups excluding carboxylic acids is 1. The number of carbonyl (C=O) groups is 1. The normalized spacial score (nSPS) is 10.7. The number of nitrogens with one attached hydrogen (secondary N) is 1. The van der Waals surface area contributed by atoms with E-state index < -0.39 is 0 Å². The van der Waals surface area contributed by atoms with Gasteiger partial charge in [-0.1, -0.05) is 23.4 Å². The van der Waals surface area contributed by atoms with E-state index in [0.717, 1.165) is 33.4 Å². The van der Waals surface area contributed by atoms with Gasteiger partial charge in [0.25, 0.3) is 0 Å². The second kappa shape index (κ2) is 7.79. The summed E-state index contributed by atoms with van der Waals surface area (Å²) >= 11 is 7.45. The number of hydrogen-bond acceptors (Lipinski definition) is 4. The molecule has 0 saturated carbocycles. The van der Waals surface area contributed by atoms with Crippen molar-refractivity contribution in [2.24, 2.45) is 0 Å². The number of thioether (sulfide) groups is 1. The summed E-state index contributed by atoms with van der Waals surface area (Å²) < 4.78 is 0. The molecule has 6 heteroatoms. The van der Waals surface area contributed by atoms with Gasteiger partial charge in [-0.05, 0) is 62.8 Å². The van der Waals surface area contributed by atoms with Crippen LogP contribution >= 0.6 is 23.4 Å². The fourth-order valence-corrected chi connectivity index (χ4v) is 3.06. The first-order chi connectivity index (χ1) is 10.9. The Balaban J connectivity index is 2.02. The summed E-state index contributed by atoms with van der Waals surface area (Å²) in [5, 5.41) is 4.36. The van der Waals surface area contributed by atoms with Crippen LogP contribution < -0.4 is 5.32 Å². The smallest absolute Gasteiger partial charge is 0.224 e. The molecule has 0 radical (unpaired) electrons. The van der Waals surface area contributed by atoms with Crippen LogP contribution in [0.5, 0.6) is 0 Å². The highest BCUT2D eigenvalue weighted by atomic mass is 35.5. The minimum atomic E-state index is -0.0248. The molecule has 0 spiro atoms. The van der Waals surface area contributed by atoms with Crippen LogP contribution in [0.25, 0.3) is 0 Å². The third-order valence-electron chi connectivity index (χ3n) is 3.65. The van der Waals surface area contributed by atoms with E-state index in [0.29, 0.717) is 17.9 Å². The van der Waals surface area contributed by atoms with Crippen LogP contribution in [0.3, 0.4) is 0 Å². The highest BCUT2D eigenvalue weighted by molar-refractivity contribution is 7.98. The first kappa shape index (κ1) is 17.8. The lowest BCUT2D eigenvalue weighted by molar-refractivity contribution is -0.116. The summed E-state index contributed by atoms with van der Waals surface area (Å²) in [6.45, 7) is 5.85. The van der Waals surface area contributed by atoms with Crippen molar-refractivity contribution in [1.82, 2.24) is 9.97 Å². The van der Waals surface area contributed by atoms with E-state index in [-0.39, 0.29) is 5.91 Å². The van der Waals surface area contributed by atoms with Crippen LogP contribution in [0, 0.1) is 20.8 Å². The summed E-state index contributed by atoms with van der Waals surface area (Å²) in [6, 6.07) is 5.43. The molecule has 0 atom stereocenters. The molecule has 0 aliphatic rings. The summed E-state index contributed by atoms with van der Waals surface area (Å²) in [5.41, 5.74) is 4.67. The number of rotatable bonds is 5. The van der Waals surface area contributed by atoms with Crippen LogP contribution in [-0.4, -0.2) is 22.1 Å². The van der Waals surface area contributed by atoms with Crippen LogP contribution in [0.4, 0.5) is 5.69 Å². The first-order valence-corrected chi connectivity index (χ1v) is 8.95. The van der Waals surface area contributed by atoms with Crippen molar-refractivity contribution < 1.29 is 4.79 Å². The molecule has 1 heterocycles. The number of aryl methyl sites for hydroxylation is 3. The third-order valence-corrected chi connectivity index (χ3v) is 4.43. The zero-order valence-electron chi connectivity index (χ0n) is 13.7. The molecule has 0 aliphatic carbocycles. The minimum Gasteiger partial charge on any atom is -0.326 e. The molecule has 0 saturated heterocycles. The van der Waals surface area contributed by atoms with Gasteiger partial charge in [0.15, 0.2) is 5.16 Å². The lowest BCUT2D eigenvalue weighted by Crippen LogP contribution is -2.14. The van der Waals surface area contributed by atoms with Crippen molar-refractivity contribution in [3.63, 3.8) is 0 Å². The van der Waals surface area contributed by atoms with Gasteiger partial charge in [-0.2, -0.15) is 0 Å². The highest BCUT2D eigenvalue weighted by Gasteiger charge is 2.11. The Bertz CT molecular complexity index is 711. The molecule has 2 rings (SSSR count). The number of anilines is 1. The third kappa shape index (κ3) is 4.69. The predicted molar refractivity (Wildman–Crippen MR) is 96.4 cm³/mol. The van der Waals surface area contributed by atoms with Gasteiger partial charge < -0.3 is 5.32 Å². The van der Waals surface area contributed by atoms with Gasteiger partial charge in [0.05, 0.1) is 0 Å². The zero-order valence-corrected chi connectivity index (χ0v) is 15.3. The monoisotopic (exact) mass is 349 g/mol. The van der Waals surface area contributed by atoms with Gasteiger partial charge in [0.2, 0.25) is 5.91 Å². The quantitative estimate of drug-likeness (QED) is 0.644. The molecule has 1 amide bonds. The SMILES string of the molecule is CSc1nc(C)c(CCC(=O)Nc2ccc(Cl)cc2C)c(C)n1. The molecule has 0 bridgehead atoms. The second-order valence-electron chi connectivity index (χ2n) is 5.37. The van der Waals surface area contributed by atoms with Gasteiger partial charge in [0, 0.05) is 28.5 Å². The Labute approximate surface area is 146 Å². The molecule has 2 aromatic rings. The van der Waals surface area contributed by atoms with Gasteiger partial charge in [-0.3, -0.25) is 4.79 Å². The van der Waals surface area contributed by atoms with E-state index in [9.17, 15) is 4.79 Å². The molecule has 122 valence electrons. The molecular weight excluding hydrogens is 330 g/mol. The van der Waals surface area contributed by atoms with Crippen molar-refractivity contribution in [1.29, 1.82) is 0 Å². The van der Waals surface area contributed by atoms with Crippen molar-refractivity contribution in [2.45, 2.75) is 38.8 Å². The Morgan fingerprint density at radius 2 is 1.87 bits per heavy atom. The molecule has 4 nitrogen and oxygen atoms in total. The maximum absolute atomic E-state index is 12.2. The first-order valence-electron chi connectivity index (χ1n) is 7.35. The number of amides is 1. The predicted octanol–water partition coefficient (Wildman–Crippen LogP) is 4.35. The van der Waals surface area contributed by atoms with Gasteiger partial charge in [0.1, 0.15) is 0 Å².